The fourth-order valence-corrected chi connectivity index (χ4v) is 0.556. The average Bonchev–Trinajstić information content (AvgIpc) is 2.42. The van der Waals surface area contributed by atoms with Crippen LogP contribution in [0.4, 0.5) is 0 Å². The van der Waals surface area contributed by atoms with Gasteiger partial charge in [0.2, 0.25) is 0 Å². The molecule has 0 atom stereocenters. The fraction of sp³-hybridized carbons (Fsp3) is 1.00. The number of hydrogen-bond donors (Lipinski definition) is 2. The van der Waals surface area contributed by atoms with Crippen LogP contribution in [-0.4, -0.2) is 24.3 Å². The van der Waals surface area contributed by atoms with Crippen LogP contribution in [0.1, 0.15) is 12.8 Å². The molecule has 0 aromatic carbocycles. The number of rotatable bonds is 3. The van der Waals surface area contributed by atoms with E-state index in [0.29, 0.717) is 0 Å². The van der Waals surface area contributed by atoms with Gasteiger partial charge in [-0.25, -0.2) is 0 Å². The normalized spacial score (nSPS) is 20.1. The summed E-state index contributed by atoms with van der Waals surface area (Å²) in [6.07, 6.45) is 2.61. The van der Waals surface area contributed by atoms with E-state index < -0.39 is 0 Å². The number of hydrogen-bond acceptors (Lipinski definition) is 2. The van der Waals surface area contributed by atoms with Gasteiger partial charge in [0.25, 0.3) is 0 Å². The van der Waals surface area contributed by atoms with Gasteiger partial charge in [0.05, 0.1) is 6.61 Å². The molecule has 1 fully saturated rings. The van der Waals surface area contributed by atoms with Gasteiger partial charge in [-0.3, -0.25) is 0 Å². The summed E-state index contributed by atoms with van der Waals surface area (Å²) >= 11 is 0. The van der Waals surface area contributed by atoms with Crippen LogP contribution >= 0.6 is 0 Å². The van der Waals surface area contributed by atoms with Crippen molar-refractivity contribution in [2.75, 3.05) is 13.2 Å². The molecule has 0 aliphatic heterocycles. The molecular weight excluding hydrogens is 90.1 g/mol. The third kappa shape index (κ3) is 1.90. The van der Waals surface area contributed by atoms with Crippen LogP contribution in [0.2, 0.25) is 0 Å². The second-order valence-corrected chi connectivity index (χ2v) is 1.95. The molecule has 0 saturated heterocycles. The minimum atomic E-state index is 0.274. The lowest BCUT2D eigenvalue weighted by Gasteiger charge is -1.94. The van der Waals surface area contributed by atoms with Crippen molar-refractivity contribution in [1.82, 2.24) is 5.32 Å². The Kier molecular flexibility index (Phi) is 1.65. The number of aliphatic hydroxyl groups is 1. The van der Waals surface area contributed by atoms with E-state index in [2.05, 4.69) is 5.32 Å². The molecule has 2 heteroatoms. The molecule has 7 heavy (non-hydrogen) atoms. The molecule has 1 aliphatic carbocycles. The zero-order chi connectivity index (χ0) is 5.11. The van der Waals surface area contributed by atoms with Crippen molar-refractivity contribution < 1.29 is 5.11 Å². The SMILES string of the molecule is OCCNC1CC1. The Labute approximate surface area is 43.5 Å². The summed E-state index contributed by atoms with van der Waals surface area (Å²) in [5.41, 5.74) is 0. The molecule has 0 amide bonds. The third-order valence-electron chi connectivity index (χ3n) is 1.12. The van der Waals surface area contributed by atoms with Crippen molar-refractivity contribution in [2.45, 2.75) is 18.9 Å². The van der Waals surface area contributed by atoms with Crippen molar-refractivity contribution >= 4 is 0 Å². The van der Waals surface area contributed by atoms with E-state index in [1.165, 1.54) is 12.8 Å². The van der Waals surface area contributed by atoms with E-state index in [1.54, 1.807) is 0 Å². The minimum absolute atomic E-state index is 0.274. The van der Waals surface area contributed by atoms with Crippen LogP contribution in [0.3, 0.4) is 0 Å². The molecule has 42 valence electrons. The lowest BCUT2D eigenvalue weighted by molar-refractivity contribution is 0.291. The van der Waals surface area contributed by atoms with E-state index in [0.717, 1.165) is 12.6 Å². The smallest absolute Gasteiger partial charge is 0.0556 e. The Morgan fingerprint density at radius 3 is 2.71 bits per heavy atom. The van der Waals surface area contributed by atoms with E-state index in [4.69, 9.17) is 5.11 Å². The Hall–Kier alpha value is -0.0800. The van der Waals surface area contributed by atoms with Crippen LogP contribution < -0.4 is 5.32 Å². The maximum Gasteiger partial charge on any atom is 0.0556 e. The fourth-order valence-electron chi connectivity index (χ4n) is 0.556. The van der Waals surface area contributed by atoms with Crippen LogP contribution in [0, 0.1) is 0 Å². The molecule has 0 aromatic rings. The molecular formula is C5H11NO. The maximum absolute atomic E-state index is 8.28. The van der Waals surface area contributed by atoms with Gasteiger partial charge in [-0.15, -0.1) is 0 Å². The zero-order valence-corrected chi connectivity index (χ0v) is 4.35. The molecule has 1 aliphatic rings. The van der Waals surface area contributed by atoms with Crippen molar-refractivity contribution in [3.63, 3.8) is 0 Å². The monoisotopic (exact) mass is 101 g/mol. The Balaban J connectivity index is 1.80. The van der Waals surface area contributed by atoms with Gasteiger partial charge >= 0.3 is 0 Å². The Morgan fingerprint density at radius 1 is 1.57 bits per heavy atom. The summed E-state index contributed by atoms with van der Waals surface area (Å²) in [6.45, 7) is 1.04. The van der Waals surface area contributed by atoms with Gasteiger partial charge in [0.15, 0.2) is 0 Å². The zero-order valence-electron chi connectivity index (χ0n) is 4.35. The maximum atomic E-state index is 8.28. The second-order valence-electron chi connectivity index (χ2n) is 1.95. The van der Waals surface area contributed by atoms with Gasteiger partial charge in [0.1, 0.15) is 0 Å². The highest BCUT2D eigenvalue weighted by Gasteiger charge is 2.19. The molecule has 1 rings (SSSR count). The lowest BCUT2D eigenvalue weighted by atomic mass is 10.6. The van der Waals surface area contributed by atoms with Gasteiger partial charge in [0, 0.05) is 12.6 Å². The first-order chi connectivity index (χ1) is 3.43. The minimum Gasteiger partial charge on any atom is -0.395 e. The summed E-state index contributed by atoms with van der Waals surface area (Å²) in [6, 6.07) is 0.743. The van der Waals surface area contributed by atoms with Crippen LogP contribution in [0.15, 0.2) is 0 Å². The van der Waals surface area contributed by atoms with Crippen molar-refractivity contribution in [2.24, 2.45) is 0 Å². The average molecular weight is 101 g/mol. The van der Waals surface area contributed by atoms with Gasteiger partial charge in [-0.1, -0.05) is 0 Å². The highest BCUT2D eigenvalue weighted by atomic mass is 16.3. The Bertz CT molecular complexity index is 52.0. The number of nitrogens with one attached hydrogen (secondary N) is 1. The van der Waals surface area contributed by atoms with Crippen molar-refractivity contribution in [1.29, 1.82) is 0 Å². The van der Waals surface area contributed by atoms with Crippen molar-refractivity contribution in [3.05, 3.63) is 0 Å². The molecule has 0 aromatic heterocycles. The molecule has 0 spiro atoms. The topological polar surface area (TPSA) is 32.3 Å². The van der Waals surface area contributed by atoms with Crippen LogP contribution in [-0.2, 0) is 0 Å². The highest BCUT2D eigenvalue weighted by molar-refractivity contribution is 4.80. The molecule has 0 bridgehead atoms. The van der Waals surface area contributed by atoms with E-state index in [9.17, 15) is 0 Å². The molecule has 0 radical (unpaired) electrons. The van der Waals surface area contributed by atoms with Crippen molar-refractivity contribution in [3.8, 4) is 0 Å². The van der Waals surface area contributed by atoms with Crippen LogP contribution in [0.25, 0.3) is 0 Å². The molecule has 0 heterocycles. The first-order valence-corrected chi connectivity index (χ1v) is 2.77. The predicted molar refractivity (Wildman–Crippen MR) is 28.1 cm³/mol. The quantitative estimate of drug-likeness (QED) is 0.513. The van der Waals surface area contributed by atoms with E-state index >= 15 is 0 Å². The van der Waals surface area contributed by atoms with Gasteiger partial charge in [-0.2, -0.15) is 0 Å². The summed E-state index contributed by atoms with van der Waals surface area (Å²) in [7, 11) is 0. The first-order valence-electron chi connectivity index (χ1n) is 2.77. The molecule has 2 nitrogen and oxygen atoms in total. The highest BCUT2D eigenvalue weighted by Crippen LogP contribution is 2.17. The molecule has 0 unspecified atom stereocenters. The van der Waals surface area contributed by atoms with Crippen LogP contribution in [0.5, 0.6) is 0 Å². The summed E-state index contributed by atoms with van der Waals surface area (Å²) < 4.78 is 0. The summed E-state index contributed by atoms with van der Waals surface area (Å²) in [5.74, 6) is 0. The number of aliphatic hydroxyl groups excluding tert-OH is 1. The van der Waals surface area contributed by atoms with Gasteiger partial charge < -0.3 is 10.4 Å². The Morgan fingerprint density at radius 2 is 2.29 bits per heavy atom. The second kappa shape index (κ2) is 2.28. The summed E-state index contributed by atoms with van der Waals surface area (Å²) in [4.78, 5) is 0. The summed E-state index contributed by atoms with van der Waals surface area (Å²) in [5, 5.41) is 11.4. The van der Waals surface area contributed by atoms with E-state index in [1.807, 2.05) is 0 Å². The van der Waals surface area contributed by atoms with E-state index in [-0.39, 0.29) is 6.61 Å². The molecule has 1 saturated carbocycles. The largest absolute Gasteiger partial charge is 0.395 e. The third-order valence-corrected chi connectivity index (χ3v) is 1.12. The van der Waals surface area contributed by atoms with Gasteiger partial charge in [-0.05, 0) is 12.8 Å². The standard InChI is InChI=1S/C5H11NO/c7-4-3-6-5-1-2-5/h5-7H,1-4H2. The lowest BCUT2D eigenvalue weighted by Crippen LogP contribution is -2.19. The molecule has 2 N–H and O–H groups in total. The first kappa shape index (κ1) is 5.06. The predicted octanol–water partition coefficient (Wildman–Crippen LogP) is -0.269.